The number of Topliss-reactive ketones (excluding diaryl/α,β-unsaturated/α-hetero) is 1. The molecule has 18 heavy (non-hydrogen) atoms. The Bertz CT molecular complexity index is 430. The molecule has 100 valence electrons. The van der Waals surface area contributed by atoms with Crippen LogP contribution in [0.5, 0.6) is 5.75 Å². The SMILES string of the molecule is CC(=O)c1ccc(C)cc1OCCSC(F)(F)F. The van der Waals surface area contributed by atoms with E-state index in [-0.39, 0.29) is 29.9 Å². The summed E-state index contributed by atoms with van der Waals surface area (Å²) in [7, 11) is 0. The normalized spacial score (nSPS) is 11.4. The Balaban J connectivity index is 2.61. The fourth-order valence-electron chi connectivity index (χ4n) is 1.35. The van der Waals surface area contributed by atoms with Gasteiger partial charge in [-0.3, -0.25) is 4.79 Å². The average Bonchev–Trinajstić information content (AvgIpc) is 2.22. The maximum absolute atomic E-state index is 11.9. The van der Waals surface area contributed by atoms with E-state index in [1.807, 2.05) is 6.92 Å². The van der Waals surface area contributed by atoms with E-state index in [0.717, 1.165) is 5.56 Å². The maximum atomic E-state index is 11.9. The van der Waals surface area contributed by atoms with Crippen molar-refractivity contribution in [1.82, 2.24) is 0 Å². The lowest BCUT2D eigenvalue weighted by Gasteiger charge is -2.11. The number of rotatable bonds is 5. The van der Waals surface area contributed by atoms with Crippen molar-refractivity contribution in [2.45, 2.75) is 19.4 Å². The summed E-state index contributed by atoms with van der Waals surface area (Å²) >= 11 is -0.139. The monoisotopic (exact) mass is 278 g/mol. The first kappa shape index (κ1) is 14.9. The van der Waals surface area contributed by atoms with Gasteiger partial charge in [0.05, 0.1) is 12.2 Å². The van der Waals surface area contributed by atoms with Crippen molar-refractivity contribution >= 4 is 17.5 Å². The minimum Gasteiger partial charge on any atom is -0.492 e. The van der Waals surface area contributed by atoms with Gasteiger partial charge in [-0.05, 0) is 43.3 Å². The van der Waals surface area contributed by atoms with Gasteiger partial charge < -0.3 is 4.74 Å². The third-order valence-electron chi connectivity index (χ3n) is 2.12. The molecule has 1 rings (SSSR count). The van der Waals surface area contributed by atoms with Crippen molar-refractivity contribution in [3.63, 3.8) is 0 Å². The van der Waals surface area contributed by atoms with Crippen LogP contribution in [-0.2, 0) is 0 Å². The van der Waals surface area contributed by atoms with Crippen molar-refractivity contribution < 1.29 is 22.7 Å². The molecule has 0 saturated carbocycles. The van der Waals surface area contributed by atoms with Crippen molar-refractivity contribution in [2.24, 2.45) is 0 Å². The fourth-order valence-corrected chi connectivity index (χ4v) is 1.75. The Morgan fingerprint density at radius 2 is 2.06 bits per heavy atom. The Kier molecular flexibility index (Phi) is 5.07. The number of aryl methyl sites for hydroxylation is 1. The summed E-state index contributed by atoms with van der Waals surface area (Å²) < 4.78 is 41.0. The van der Waals surface area contributed by atoms with Gasteiger partial charge in [-0.1, -0.05) is 6.07 Å². The van der Waals surface area contributed by atoms with E-state index in [4.69, 9.17) is 4.74 Å². The molecule has 0 aromatic heterocycles. The van der Waals surface area contributed by atoms with Crippen LogP contribution in [0.2, 0.25) is 0 Å². The molecule has 1 aromatic carbocycles. The van der Waals surface area contributed by atoms with Crippen molar-refractivity contribution in [1.29, 1.82) is 0 Å². The van der Waals surface area contributed by atoms with E-state index in [1.54, 1.807) is 18.2 Å². The van der Waals surface area contributed by atoms with Gasteiger partial charge in [0, 0.05) is 5.75 Å². The molecule has 1 aromatic rings. The summed E-state index contributed by atoms with van der Waals surface area (Å²) in [4.78, 5) is 11.3. The molecule has 0 aliphatic rings. The number of carbonyl (C=O) groups is 1. The molecule has 0 heterocycles. The van der Waals surface area contributed by atoms with E-state index < -0.39 is 5.51 Å². The van der Waals surface area contributed by atoms with Crippen LogP contribution in [0.15, 0.2) is 18.2 Å². The number of alkyl halides is 3. The standard InChI is InChI=1S/C12H13F3O2S/c1-8-3-4-10(9(2)16)11(7-8)17-5-6-18-12(13,14)15/h3-4,7H,5-6H2,1-2H3. The van der Waals surface area contributed by atoms with Gasteiger partial charge in [0.1, 0.15) is 5.75 Å². The van der Waals surface area contributed by atoms with Gasteiger partial charge in [0.2, 0.25) is 0 Å². The van der Waals surface area contributed by atoms with E-state index in [2.05, 4.69) is 0 Å². The quantitative estimate of drug-likeness (QED) is 0.605. The molecule has 0 aliphatic carbocycles. The highest BCUT2D eigenvalue weighted by Gasteiger charge is 2.27. The average molecular weight is 278 g/mol. The van der Waals surface area contributed by atoms with Gasteiger partial charge in [0.25, 0.3) is 0 Å². The van der Waals surface area contributed by atoms with Gasteiger partial charge in [-0.15, -0.1) is 0 Å². The summed E-state index contributed by atoms with van der Waals surface area (Å²) in [6, 6.07) is 5.02. The molecule has 0 atom stereocenters. The van der Waals surface area contributed by atoms with E-state index in [1.165, 1.54) is 6.92 Å². The molecular weight excluding hydrogens is 265 g/mol. The number of ketones is 1. The smallest absolute Gasteiger partial charge is 0.441 e. The van der Waals surface area contributed by atoms with Crippen molar-refractivity contribution in [3.05, 3.63) is 29.3 Å². The highest BCUT2D eigenvalue weighted by atomic mass is 32.2. The van der Waals surface area contributed by atoms with Crippen LogP contribution in [0.3, 0.4) is 0 Å². The van der Waals surface area contributed by atoms with Crippen LogP contribution in [0.25, 0.3) is 0 Å². The number of benzene rings is 1. The molecule has 6 heteroatoms. The van der Waals surface area contributed by atoms with E-state index in [9.17, 15) is 18.0 Å². The summed E-state index contributed by atoms with van der Waals surface area (Å²) in [6.07, 6.45) is 0. The van der Waals surface area contributed by atoms with Crippen LogP contribution in [0, 0.1) is 6.92 Å². The van der Waals surface area contributed by atoms with Crippen LogP contribution in [-0.4, -0.2) is 23.7 Å². The predicted molar refractivity (Wildman–Crippen MR) is 65.2 cm³/mol. The summed E-state index contributed by atoms with van der Waals surface area (Å²) in [5.41, 5.74) is -2.98. The van der Waals surface area contributed by atoms with E-state index >= 15 is 0 Å². The second-order valence-corrected chi connectivity index (χ2v) is 4.86. The highest BCUT2D eigenvalue weighted by molar-refractivity contribution is 8.00. The Morgan fingerprint density at radius 1 is 1.39 bits per heavy atom. The second-order valence-electron chi connectivity index (χ2n) is 3.70. The number of ether oxygens (including phenoxy) is 1. The second kappa shape index (κ2) is 6.13. The topological polar surface area (TPSA) is 26.3 Å². The zero-order valence-electron chi connectivity index (χ0n) is 10.0. The molecule has 0 N–H and O–H groups in total. The first-order valence-electron chi connectivity index (χ1n) is 5.24. The summed E-state index contributed by atoms with van der Waals surface area (Å²) in [5.74, 6) is -0.0341. The minimum atomic E-state index is -4.25. The summed E-state index contributed by atoms with van der Waals surface area (Å²) in [6.45, 7) is 3.12. The number of hydrogen-bond donors (Lipinski definition) is 0. The molecule has 0 saturated heterocycles. The van der Waals surface area contributed by atoms with Gasteiger partial charge in [0.15, 0.2) is 5.78 Å². The summed E-state index contributed by atoms with van der Waals surface area (Å²) in [5, 5.41) is 0. The molecule has 0 radical (unpaired) electrons. The molecule has 0 spiro atoms. The lowest BCUT2D eigenvalue weighted by molar-refractivity contribution is -0.0329. The zero-order chi connectivity index (χ0) is 13.8. The molecule has 0 amide bonds. The third-order valence-corrected chi connectivity index (χ3v) is 2.82. The molecule has 0 fully saturated rings. The Labute approximate surface area is 108 Å². The van der Waals surface area contributed by atoms with Crippen LogP contribution >= 0.6 is 11.8 Å². The minimum absolute atomic E-state index is 0.0894. The lowest BCUT2D eigenvalue weighted by Crippen LogP contribution is -2.09. The number of halogens is 3. The predicted octanol–water partition coefficient (Wildman–Crippen LogP) is 3.83. The third kappa shape index (κ3) is 5.00. The molecule has 0 unspecified atom stereocenters. The fraction of sp³-hybridized carbons (Fsp3) is 0.417. The van der Waals surface area contributed by atoms with Gasteiger partial charge in [-0.2, -0.15) is 13.2 Å². The number of thioether (sulfide) groups is 1. The Morgan fingerprint density at radius 3 is 2.61 bits per heavy atom. The van der Waals surface area contributed by atoms with Crippen LogP contribution in [0.4, 0.5) is 13.2 Å². The highest BCUT2D eigenvalue weighted by Crippen LogP contribution is 2.30. The number of carbonyl (C=O) groups excluding carboxylic acids is 1. The maximum Gasteiger partial charge on any atom is 0.441 e. The van der Waals surface area contributed by atoms with Crippen LogP contribution < -0.4 is 4.74 Å². The molecule has 0 aliphatic heterocycles. The Hall–Kier alpha value is -1.17. The van der Waals surface area contributed by atoms with Crippen molar-refractivity contribution in [2.75, 3.05) is 12.4 Å². The largest absolute Gasteiger partial charge is 0.492 e. The van der Waals surface area contributed by atoms with Crippen molar-refractivity contribution in [3.8, 4) is 5.75 Å². The van der Waals surface area contributed by atoms with Gasteiger partial charge in [-0.25, -0.2) is 0 Å². The lowest BCUT2D eigenvalue weighted by atomic mass is 10.1. The first-order valence-corrected chi connectivity index (χ1v) is 6.23. The molecular formula is C12H13F3O2S. The molecule has 2 nitrogen and oxygen atoms in total. The van der Waals surface area contributed by atoms with Gasteiger partial charge >= 0.3 is 5.51 Å². The number of hydrogen-bond acceptors (Lipinski definition) is 3. The molecule has 0 bridgehead atoms. The van der Waals surface area contributed by atoms with Crippen LogP contribution in [0.1, 0.15) is 22.8 Å². The first-order chi connectivity index (χ1) is 8.29. The zero-order valence-corrected chi connectivity index (χ0v) is 10.8. The van der Waals surface area contributed by atoms with E-state index in [0.29, 0.717) is 11.3 Å².